The lowest BCUT2D eigenvalue weighted by atomic mass is 9.77. The van der Waals surface area contributed by atoms with E-state index in [1.165, 1.54) is 120 Å². The zero-order valence-electron chi connectivity index (χ0n) is 32.0. The van der Waals surface area contributed by atoms with Gasteiger partial charge >= 0.3 is 0 Å². The van der Waals surface area contributed by atoms with Gasteiger partial charge in [-0.05, 0) is 138 Å². The molecule has 0 atom stereocenters. The predicted molar refractivity (Wildman–Crippen MR) is 245 cm³/mol. The van der Waals surface area contributed by atoms with Crippen LogP contribution in [0.5, 0.6) is 0 Å². The highest BCUT2D eigenvalue weighted by Crippen LogP contribution is 2.58. The van der Waals surface area contributed by atoms with E-state index in [2.05, 4.69) is 208 Å². The van der Waals surface area contributed by atoms with Crippen molar-refractivity contribution in [3.8, 4) is 44.5 Å². The van der Waals surface area contributed by atoms with Crippen molar-refractivity contribution in [2.75, 3.05) is 0 Å². The van der Waals surface area contributed by atoms with Gasteiger partial charge in [-0.3, -0.25) is 0 Å². The molecule has 0 spiro atoms. The number of benzene rings is 11. The standard InChI is InChI=1S/C57H38/c1-57(2)51-34-50(42-20-7-9-21-43(42)54(51)55-44-22-10-6-18-40(44)41-19-8-15-27-49(41)56(55)57)53-47-25-13-11-23-45(47)52(46-24-12-14-26-48(46)53)39-31-30-37-32-36(28-29-38(37)33-39)35-16-4-3-5-17-35/h3-34H,1-2H3. The monoisotopic (exact) mass is 722 g/mol. The largest absolute Gasteiger partial charge is 0.0622 e. The van der Waals surface area contributed by atoms with Gasteiger partial charge in [0.2, 0.25) is 0 Å². The van der Waals surface area contributed by atoms with Crippen LogP contribution in [0.3, 0.4) is 0 Å². The Bertz CT molecular complexity index is 3420. The van der Waals surface area contributed by atoms with Crippen molar-refractivity contribution < 1.29 is 0 Å². The number of hydrogen-bond donors (Lipinski definition) is 0. The molecule has 0 amide bonds. The van der Waals surface area contributed by atoms with Crippen LogP contribution < -0.4 is 0 Å². The second kappa shape index (κ2) is 12.0. The average Bonchev–Trinajstić information content (AvgIpc) is 3.52. The van der Waals surface area contributed by atoms with Crippen LogP contribution in [-0.2, 0) is 5.41 Å². The van der Waals surface area contributed by atoms with Crippen molar-refractivity contribution in [1.29, 1.82) is 0 Å². The third-order valence-corrected chi connectivity index (χ3v) is 13.0. The van der Waals surface area contributed by atoms with E-state index in [-0.39, 0.29) is 5.41 Å². The van der Waals surface area contributed by atoms with E-state index in [0.717, 1.165) is 0 Å². The first-order valence-electron chi connectivity index (χ1n) is 20.1. The van der Waals surface area contributed by atoms with Crippen LogP contribution in [0.15, 0.2) is 194 Å². The highest BCUT2D eigenvalue weighted by atomic mass is 14.4. The van der Waals surface area contributed by atoms with E-state index in [1.807, 2.05) is 0 Å². The zero-order chi connectivity index (χ0) is 37.8. The summed E-state index contributed by atoms with van der Waals surface area (Å²) in [5.41, 5.74) is 13.0. The normalized spacial score (nSPS) is 13.2. The zero-order valence-corrected chi connectivity index (χ0v) is 32.0. The molecular weight excluding hydrogens is 685 g/mol. The summed E-state index contributed by atoms with van der Waals surface area (Å²) in [5.74, 6) is 0. The van der Waals surface area contributed by atoms with Crippen LogP contribution in [-0.4, -0.2) is 0 Å². The Hall–Kier alpha value is -7.02. The fourth-order valence-corrected chi connectivity index (χ4v) is 10.5. The number of fused-ring (bicyclic) bond motifs is 13. The van der Waals surface area contributed by atoms with Crippen LogP contribution in [0.4, 0.5) is 0 Å². The molecule has 0 aromatic heterocycles. The minimum absolute atomic E-state index is 0.218. The van der Waals surface area contributed by atoms with Gasteiger partial charge in [0.25, 0.3) is 0 Å². The van der Waals surface area contributed by atoms with Crippen LogP contribution in [0.2, 0.25) is 0 Å². The Morgan fingerprint density at radius 2 is 0.702 bits per heavy atom. The van der Waals surface area contributed by atoms with E-state index in [9.17, 15) is 0 Å². The summed E-state index contributed by atoms with van der Waals surface area (Å²) in [6, 6.07) is 72.5. The Balaban J connectivity index is 1.14. The molecule has 0 nitrogen and oxygen atoms in total. The van der Waals surface area contributed by atoms with E-state index in [0.29, 0.717) is 0 Å². The van der Waals surface area contributed by atoms with Gasteiger partial charge in [-0.2, -0.15) is 0 Å². The van der Waals surface area contributed by atoms with Crippen molar-refractivity contribution in [3.63, 3.8) is 0 Å². The Labute approximate surface area is 332 Å². The molecule has 1 aliphatic carbocycles. The SMILES string of the molecule is CC1(C)c2cc(-c3c4ccccc4c(-c4ccc5cc(-c6ccccc6)ccc5c4)c4ccccc34)c3ccccc3c2-c2c1c1ccccc1c1ccccc21. The Morgan fingerprint density at radius 3 is 1.30 bits per heavy atom. The van der Waals surface area contributed by atoms with Gasteiger partial charge in [0.05, 0.1) is 0 Å². The molecular formula is C57H38. The lowest BCUT2D eigenvalue weighted by molar-refractivity contribution is 0.667. The summed E-state index contributed by atoms with van der Waals surface area (Å²) < 4.78 is 0. The van der Waals surface area contributed by atoms with Crippen LogP contribution in [0.1, 0.15) is 25.0 Å². The second-order valence-corrected chi connectivity index (χ2v) is 16.3. The average molecular weight is 723 g/mol. The maximum Gasteiger partial charge on any atom is 0.0165 e. The van der Waals surface area contributed by atoms with E-state index < -0.39 is 0 Å². The third kappa shape index (κ3) is 4.56. The predicted octanol–water partition coefficient (Wildman–Crippen LogP) is 15.9. The molecule has 0 unspecified atom stereocenters. The first-order chi connectivity index (χ1) is 28.1. The summed E-state index contributed by atoms with van der Waals surface area (Å²) in [6.07, 6.45) is 0. The number of rotatable bonds is 3. The molecule has 11 aromatic carbocycles. The number of hydrogen-bond acceptors (Lipinski definition) is 0. The van der Waals surface area contributed by atoms with Crippen molar-refractivity contribution in [2.45, 2.75) is 19.3 Å². The van der Waals surface area contributed by atoms with Crippen molar-refractivity contribution >= 4 is 64.6 Å². The molecule has 0 bridgehead atoms. The van der Waals surface area contributed by atoms with Crippen molar-refractivity contribution in [1.82, 2.24) is 0 Å². The molecule has 12 rings (SSSR count). The van der Waals surface area contributed by atoms with Crippen molar-refractivity contribution in [3.05, 3.63) is 205 Å². The van der Waals surface area contributed by atoms with Gasteiger partial charge in [-0.1, -0.05) is 190 Å². The summed E-state index contributed by atoms with van der Waals surface area (Å²) in [4.78, 5) is 0. The molecule has 0 N–H and O–H groups in total. The highest BCUT2D eigenvalue weighted by Gasteiger charge is 2.40. The molecule has 57 heavy (non-hydrogen) atoms. The van der Waals surface area contributed by atoms with Gasteiger partial charge in [-0.15, -0.1) is 0 Å². The van der Waals surface area contributed by atoms with Crippen LogP contribution >= 0.6 is 0 Å². The molecule has 266 valence electrons. The fraction of sp³-hybridized carbons (Fsp3) is 0.0526. The molecule has 0 heteroatoms. The molecule has 0 aliphatic heterocycles. The van der Waals surface area contributed by atoms with Gasteiger partial charge in [0, 0.05) is 5.41 Å². The van der Waals surface area contributed by atoms with Gasteiger partial charge in [0.15, 0.2) is 0 Å². The van der Waals surface area contributed by atoms with E-state index in [4.69, 9.17) is 0 Å². The minimum Gasteiger partial charge on any atom is -0.0622 e. The smallest absolute Gasteiger partial charge is 0.0165 e. The summed E-state index contributed by atoms with van der Waals surface area (Å²) in [7, 11) is 0. The van der Waals surface area contributed by atoms with Gasteiger partial charge in [0.1, 0.15) is 0 Å². The van der Waals surface area contributed by atoms with E-state index >= 15 is 0 Å². The molecule has 0 heterocycles. The summed E-state index contributed by atoms with van der Waals surface area (Å²) in [6.45, 7) is 4.89. The molecule has 0 fully saturated rings. The first kappa shape index (κ1) is 32.2. The maximum absolute atomic E-state index is 2.56. The van der Waals surface area contributed by atoms with Gasteiger partial charge in [-0.25, -0.2) is 0 Å². The summed E-state index contributed by atoms with van der Waals surface area (Å²) >= 11 is 0. The maximum atomic E-state index is 2.56. The summed E-state index contributed by atoms with van der Waals surface area (Å²) in [5, 5.41) is 15.5. The molecule has 1 aliphatic rings. The Morgan fingerprint density at radius 1 is 0.281 bits per heavy atom. The third-order valence-electron chi connectivity index (χ3n) is 13.0. The molecule has 0 saturated carbocycles. The lowest BCUT2D eigenvalue weighted by Crippen LogP contribution is -2.16. The minimum atomic E-state index is -0.218. The van der Waals surface area contributed by atoms with Gasteiger partial charge < -0.3 is 0 Å². The lowest BCUT2D eigenvalue weighted by Gasteiger charge is -2.25. The quantitative estimate of drug-likeness (QED) is 0.126. The molecule has 0 radical (unpaired) electrons. The van der Waals surface area contributed by atoms with Crippen molar-refractivity contribution in [2.24, 2.45) is 0 Å². The second-order valence-electron chi connectivity index (χ2n) is 16.3. The topological polar surface area (TPSA) is 0 Å². The van der Waals surface area contributed by atoms with Crippen LogP contribution in [0.25, 0.3) is 109 Å². The Kier molecular flexibility index (Phi) is 6.78. The van der Waals surface area contributed by atoms with E-state index in [1.54, 1.807) is 0 Å². The fourth-order valence-electron chi connectivity index (χ4n) is 10.5. The molecule has 0 saturated heterocycles. The van der Waals surface area contributed by atoms with Crippen LogP contribution in [0, 0.1) is 0 Å². The first-order valence-corrected chi connectivity index (χ1v) is 20.1. The molecule has 11 aromatic rings. The highest BCUT2D eigenvalue weighted by molar-refractivity contribution is 6.27.